The summed E-state index contributed by atoms with van der Waals surface area (Å²) in [5.74, 6) is -2.33. The van der Waals surface area contributed by atoms with Crippen LogP contribution in [-0.2, 0) is 27.6 Å². The molecule has 0 saturated carbocycles. The molecule has 0 N–H and O–H groups in total. The predicted octanol–water partition coefficient (Wildman–Crippen LogP) is 4.88. The van der Waals surface area contributed by atoms with Gasteiger partial charge in [-0.15, -0.1) is 11.3 Å². The van der Waals surface area contributed by atoms with Crippen molar-refractivity contribution in [2.75, 3.05) is 26.8 Å². The first-order valence-corrected chi connectivity index (χ1v) is 12.1. The monoisotopic (exact) mass is 507 g/mol. The molecule has 0 unspecified atom stereocenters. The van der Waals surface area contributed by atoms with E-state index in [-0.39, 0.29) is 5.56 Å². The summed E-state index contributed by atoms with van der Waals surface area (Å²) in [5, 5.41) is 8.49. The molecule has 2 aliphatic rings. The largest absolute Gasteiger partial charge is 0.399 e. The number of fused-ring (bicyclic) bond motifs is 2. The van der Waals surface area contributed by atoms with Gasteiger partial charge in [0.05, 0.1) is 16.2 Å². The molecule has 0 radical (unpaired) electrons. The van der Waals surface area contributed by atoms with Crippen LogP contribution in [0.4, 0.5) is 8.78 Å². The quantitative estimate of drug-likeness (QED) is 0.363. The summed E-state index contributed by atoms with van der Waals surface area (Å²) >= 11 is 7.33. The van der Waals surface area contributed by atoms with E-state index in [0.717, 1.165) is 29.9 Å². The molecular formula is C23H24ClF2N5O2S. The minimum absolute atomic E-state index is 0.0301. The van der Waals surface area contributed by atoms with Crippen molar-refractivity contribution in [2.24, 2.45) is 5.16 Å². The van der Waals surface area contributed by atoms with E-state index in [9.17, 15) is 8.78 Å². The number of likely N-dealkylation sites (tertiary alicyclic amines) is 1. The highest BCUT2D eigenvalue weighted by atomic mass is 35.5. The molecule has 1 fully saturated rings. The van der Waals surface area contributed by atoms with E-state index in [0.29, 0.717) is 34.4 Å². The smallest absolute Gasteiger partial charge is 0.297 e. The van der Waals surface area contributed by atoms with Crippen LogP contribution in [0, 0.1) is 6.92 Å². The number of nitrogens with zero attached hydrogens (tertiary/aromatic N) is 5. The van der Waals surface area contributed by atoms with Crippen molar-refractivity contribution in [2.45, 2.75) is 37.8 Å². The zero-order chi connectivity index (χ0) is 23.9. The van der Waals surface area contributed by atoms with Crippen molar-refractivity contribution in [3.8, 4) is 5.82 Å². The highest BCUT2D eigenvalue weighted by Crippen LogP contribution is 2.52. The Hall–Kier alpha value is -2.40. The molecule has 180 valence electrons. The SMILES string of the molecule is CO/N=C/c1cccnc1-n1cc(CN2CCC3(CC2)OCC(F)(F)c2cc(Cl)sc23)c(C)n1. The van der Waals surface area contributed by atoms with Gasteiger partial charge >= 0.3 is 0 Å². The van der Waals surface area contributed by atoms with Crippen LogP contribution in [0.1, 0.15) is 40.1 Å². The summed E-state index contributed by atoms with van der Waals surface area (Å²) in [6.45, 7) is 3.51. The van der Waals surface area contributed by atoms with Gasteiger partial charge in [0.25, 0.3) is 5.92 Å². The fourth-order valence-corrected chi connectivity index (χ4v) is 6.08. The summed E-state index contributed by atoms with van der Waals surface area (Å²) in [5.41, 5.74) is 2.11. The van der Waals surface area contributed by atoms with Crippen LogP contribution < -0.4 is 0 Å². The summed E-state index contributed by atoms with van der Waals surface area (Å²) in [4.78, 5) is 12.1. The summed E-state index contributed by atoms with van der Waals surface area (Å²) in [7, 11) is 1.49. The van der Waals surface area contributed by atoms with Crippen LogP contribution >= 0.6 is 22.9 Å². The lowest BCUT2D eigenvalue weighted by Crippen LogP contribution is -2.48. The van der Waals surface area contributed by atoms with E-state index in [1.165, 1.54) is 24.5 Å². The van der Waals surface area contributed by atoms with Gasteiger partial charge in [-0.25, -0.2) is 9.67 Å². The van der Waals surface area contributed by atoms with Gasteiger partial charge in [-0.3, -0.25) is 4.90 Å². The first-order chi connectivity index (χ1) is 16.3. The topological polar surface area (TPSA) is 64.8 Å². The molecule has 11 heteroatoms. The van der Waals surface area contributed by atoms with Gasteiger partial charge in [-0.1, -0.05) is 16.8 Å². The van der Waals surface area contributed by atoms with E-state index < -0.39 is 18.1 Å². The number of pyridine rings is 1. The number of piperidine rings is 1. The first kappa shape index (κ1) is 23.3. The maximum Gasteiger partial charge on any atom is 0.297 e. The summed E-state index contributed by atoms with van der Waals surface area (Å²) in [6, 6.07) is 5.13. The second-order valence-corrected chi connectivity index (χ2v) is 10.3. The third kappa shape index (κ3) is 4.24. The van der Waals surface area contributed by atoms with Crippen molar-refractivity contribution in [1.82, 2.24) is 19.7 Å². The number of hydrogen-bond acceptors (Lipinski definition) is 7. The number of rotatable bonds is 5. The van der Waals surface area contributed by atoms with Gasteiger partial charge in [0.1, 0.15) is 19.3 Å². The van der Waals surface area contributed by atoms with Crippen molar-refractivity contribution in [3.63, 3.8) is 0 Å². The van der Waals surface area contributed by atoms with Crippen LogP contribution in [0.25, 0.3) is 5.82 Å². The van der Waals surface area contributed by atoms with E-state index in [4.69, 9.17) is 21.2 Å². The first-order valence-electron chi connectivity index (χ1n) is 10.9. The lowest BCUT2D eigenvalue weighted by atomic mass is 9.84. The van der Waals surface area contributed by atoms with Gasteiger partial charge in [0.15, 0.2) is 5.82 Å². The molecule has 1 spiro atoms. The molecular weight excluding hydrogens is 484 g/mol. The van der Waals surface area contributed by atoms with E-state index in [1.807, 2.05) is 25.3 Å². The molecule has 2 aliphatic heterocycles. The van der Waals surface area contributed by atoms with Gasteiger partial charge < -0.3 is 9.57 Å². The van der Waals surface area contributed by atoms with Crippen LogP contribution in [-0.4, -0.2) is 52.7 Å². The van der Waals surface area contributed by atoms with Crippen molar-refractivity contribution in [3.05, 3.63) is 62.2 Å². The number of oxime groups is 1. The molecule has 7 nitrogen and oxygen atoms in total. The van der Waals surface area contributed by atoms with Crippen LogP contribution in [0.15, 0.2) is 35.7 Å². The average Bonchev–Trinajstić information content (AvgIpc) is 3.41. The zero-order valence-electron chi connectivity index (χ0n) is 18.8. The summed E-state index contributed by atoms with van der Waals surface area (Å²) < 4.78 is 36.7. The molecule has 0 bridgehead atoms. The Morgan fingerprint density at radius 2 is 2.15 bits per heavy atom. The number of thiophene rings is 1. The second kappa shape index (κ2) is 8.99. The van der Waals surface area contributed by atoms with E-state index in [2.05, 4.69) is 20.1 Å². The molecule has 34 heavy (non-hydrogen) atoms. The lowest BCUT2D eigenvalue weighted by Gasteiger charge is -2.45. The Labute approximate surface area is 204 Å². The molecule has 0 aliphatic carbocycles. The zero-order valence-corrected chi connectivity index (χ0v) is 20.4. The number of hydrogen-bond donors (Lipinski definition) is 0. The molecule has 0 amide bonds. The average molecular weight is 508 g/mol. The Balaban J connectivity index is 1.31. The van der Waals surface area contributed by atoms with Gasteiger partial charge in [0.2, 0.25) is 0 Å². The minimum Gasteiger partial charge on any atom is -0.399 e. The number of halogens is 3. The Morgan fingerprint density at radius 3 is 2.91 bits per heavy atom. The van der Waals surface area contributed by atoms with Crippen LogP contribution in [0.5, 0.6) is 0 Å². The van der Waals surface area contributed by atoms with Crippen molar-refractivity contribution in [1.29, 1.82) is 0 Å². The molecule has 5 heterocycles. The number of alkyl halides is 2. The Morgan fingerprint density at radius 1 is 1.35 bits per heavy atom. The highest BCUT2D eigenvalue weighted by Gasteiger charge is 2.51. The van der Waals surface area contributed by atoms with Crippen LogP contribution in [0.3, 0.4) is 0 Å². The van der Waals surface area contributed by atoms with Gasteiger partial charge in [0, 0.05) is 53.6 Å². The van der Waals surface area contributed by atoms with Gasteiger partial charge in [-0.05, 0) is 38.0 Å². The molecule has 0 atom stereocenters. The molecule has 0 aromatic carbocycles. The predicted molar refractivity (Wildman–Crippen MR) is 126 cm³/mol. The van der Waals surface area contributed by atoms with E-state index in [1.54, 1.807) is 17.1 Å². The minimum atomic E-state index is -2.99. The lowest BCUT2D eigenvalue weighted by molar-refractivity contribution is -0.182. The molecule has 5 rings (SSSR count). The third-order valence-electron chi connectivity index (χ3n) is 6.43. The van der Waals surface area contributed by atoms with Crippen molar-refractivity contribution < 1.29 is 18.4 Å². The normalized spacial score (nSPS) is 19.6. The molecule has 1 saturated heterocycles. The highest BCUT2D eigenvalue weighted by molar-refractivity contribution is 7.16. The summed E-state index contributed by atoms with van der Waals surface area (Å²) in [6.07, 6.45) is 6.55. The van der Waals surface area contributed by atoms with Crippen molar-refractivity contribution >= 4 is 29.2 Å². The Bertz CT molecular complexity index is 1220. The number of aryl methyl sites for hydroxylation is 1. The Kier molecular flexibility index (Phi) is 6.18. The van der Waals surface area contributed by atoms with Crippen LogP contribution in [0.2, 0.25) is 4.34 Å². The maximum absolute atomic E-state index is 14.4. The fraction of sp³-hybridized carbons (Fsp3) is 0.435. The number of ether oxygens (including phenoxy) is 1. The number of aromatic nitrogens is 3. The second-order valence-electron chi connectivity index (χ2n) is 8.57. The van der Waals surface area contributed by atoms with E-state index >= 15 is 0 Å². The maximum atomic E-state index is 14.4. The molecule has 3 aromatic heterocycles. The molecule has 3 aromatic rings. The third-order valence-corrected chi connectivity index (χ3v) is 7.88. The van der Waals surface area contributed by atoms with Gasteiger partial charge in [-0.2, -0.15) is 13.9 Å². The standard InChI is InChI=1S/C23H24ClF2N5O2S/c1-15-17(13-31(29-15)21-16(11-28-32-2)4-3-7-27-21)12-30-8-5-22(6-9-30)20-18(10-19(24)34-20)23(25,26)14-33-22/h3-4,7,10-11,13H,5-6,8-9,12,14H2,1-2H3/b28-11+. The fourth-order valence-electron chi connectivity index (χ4n) is 4.60.